The van der Waals surface area contributed by atoms with Crippen molar-refractivity contribution in [3.8, 4) is 0 Å². The fraction of sp³-hybridized carbons (Fsp3) is 1.00. The van der Waals surface area contributed by atoms with Crippen LogP contribution in [0, 0.1) is 5.92 Å². The van der Waals surface area contributed by atoms with Gasteiger partial charge in [-0.05, 0) is 25.8 Å². The van der Waals surface area contributed by atoms with Crippen LogP contribution in [0.4, 0.5) is 0 Å². The molecule has 0 saturated heterocycles. The molecule has 0 aromatic rings. The van der Waals surface area contributed by atoms with Crippen LogP contribution in [-0.4, -0.2) is 19.1 Å². The molecule has 0 aromatic heterocycles. The van der Waals surface area contributed by atoms with Crippen molar-refractivity contribution in [3.63, 3.8) is 0 Å². The number of nitrogens with two attached hydrogens (primary N) is 1. The molecule has 2 atom stereocenters. The summed E-state index contributed by atoms with van der Waals surface area (Å²) in [6.07, 6.45) is 11.2. The first-order valence-electron chi connectivity index (χ1n) is 7.63. The minimum absolute atomic E-state index is 0.281. The predicted octanol–water partition coefficient (Wildman–Crippen LogP) is 3.70. The zero-order valence-corrected chi connectivity index (χ0v) is 12.3. The zero-order chi connectivity index (χ0) is 12.9. The highest BCUT2D eigenvalue weighted by molar-refractivity contribution is 4.60. The van der Waals surface area contributed by atoms with Crippen molar-refractivity contribution >= 4 is 0 Å². The normalized spacial score (nSPS) is 14.8. The minimum Gasteiger partial charge on any atom is -0.327 e. The number of hydrogen-bond donors (Lipinski definition) is 2. The second-order valence-corrected chi connectivity index (χ2v) is 5.63. The molecule has 2 heteroatoms. The third-order valence-electron chi connectivity index (χ3n) is 3.33. The molecule has 0 aliphatic carbocycles. The molecule has 0 fully saturated rings. The first-order valence-corrected chi connectivity index (χ1v) is 7.63. The Morgan fingerprint density at radius 1 is 0.941 bits per heavy atom. The van der Waals surface area contributed by atoms with Gasteiger partial charge in [0.05, 0.1) is 0 Å². The van der Waals surface area contributed by atoms with E-state index in [0.717, 1.165) is 19.0 Å². The summed E-state index contributed by atoms with van der Waals surface area (Å²) in [6, 6.07) is 0.281. The van der Waals surface area contributed by atoms with Gasteiger partial charge in [-0.15, -0.1) is 0 Å². The highest BCUT2D eigenvalue weighted by Gasteiger charge is 2.02. The maximum atomic E-state index is 5.68. The second-order valence-electron chi connectivity index (χ2n) is 5.63. The van der Waals surface area contributed by atoms with Crippen molar-refractivity contribution < 1.29 is 0 Å². The molecular weight excluding hydrogens is 208 g/mol. The van der Waals surface area contributed by atoms with Crippen molar-refractivity contribution in [2.45, 2.75) is 78.2 Å². The van der Waals surface area contributed by atoms with E-state index in [-0.39, 0.29) is 6.04 Å². The number of unbranched alkanes of at least 4 members (excludes halogenated alkanes) is 5. The molecule has 17 heavy (non-hydrogen) atoms. The third kappa shape index (κ3) is 13.9. The molecule has 104 valence electrons. The largest absolute Gasteiger partial charge is 0.327 e. The van der Waals surface area contributed by atoms with Crippen molar-refractivity contribution in [3.05, 3.63) is 0 Å². The summed E-state index contributed by atoms with van der Waals surface area (Å²) in [5.74, 6) is 0.863. The fourth-order valence-electron chi connectivity index (χ4n) is 2.10. The summed E-state index contributed by atoms with van der Waals surface area (Å²) >= 11 is 0. The van der Waals surface area contributed by atoms with Crippen LogP contribution < -0.4 is 11.1 Å². The van der Waals surface area contributed by atoms with E-state index in [2.05, 4.69) is 19.2 Å². The molecular formula is C15H34N2. The lowest BCUT2D eigenvalue weighted by atomic mass is 9.99. The Hall–Kier alpha value is -0.0800. The average molecular weight is 242 g/mol. The van der Waals surface area contributed by atoms with Crippen LogP contribution in [0.1, 0.15) is 72.1 Å². The Morgan fingerprint density at radius 3 is 2.24 bits per heavy atom. The Morgan fingerprint density at radius 2 is 1.59 bits per heavy atom. The summed E-state index contributed by atoms with van der Waals surface area (Å²) < 4.78 is 0. The number of rotatable bonds is 12. The summed E-state index contributed by atoms with van der Waals surface area (Å²) in [5, 5.41) is 3.41. The van der Waals surface area contributed by atoms with E-state index in [1.165, 1.54) is 51.4 Å². The third-order valence-corrected chi connectivity index (χ3v) is 3.33. The summed E-state index contributed by atoms with van der Waals surface area (Å²) in [4.78, 5) is 0. The molecule has 3 N–H and O–H groups in total. The molecule has 0 bridgehead atoms. The van der Waals surface area contributed by atoms with Gasteiger partial charge in [0, 0.05) is 12.6 Å². The van der Waals surface area contributed by atoms with Crippen molar-refractivity contribution in [2.75, 3.05) is 13.1 Å². The molecule has 0 spiro atoms. The monoisotopic (exact) mass is 242 g/mol. The lowest BCUT2D eigenvalue weighted by Gasteiger charge is -2.12. The first-order chi connectivity index (χ1) is 8.16. The molecule has 0 heterocycles. The van der Waals surface area contributed by atoms with Crippen LogP contribution in [0.3, 0.4) is 0 Å². The highest BCUT2D eigenvalue weighted by atomic mass is 14.9. The predicted molar refractivity (Wildman–Crippen MR) is 78.3 cm³/mol. The van der Waals surface area contributed by atoms with Gasteiger partial charge in [0.25, 0.3) is 0 Å². The van der Waals surface area contributed by atoms with Crippen molar-refractivity contribution in [1.29, 1.82) is 0 Å². The van der Waals surface area contributed by atoms with Gasteiger partial charge in [0.1, 0.15) is 0 Å². The minimum atomic E-state index is 0.281. The van der Waals surface area contributed by atoms with E-state index < -0.39 is 0 Å². The standard InChI is InChI=1S/C15H34N2/c1-4-5-6-7-8-9-10-14(2)11-12-17-13-15(3)16/h14-15,17H,4-13,16H2,1-3H3/t14-,15+/m1/s1. The maximum absolute atomic E-state index is 5.68. The lowest BCUT2D eigenvalue weighted by molar-refractivity contribution is 0.438. The molecule has 0 saturated carbocycles. The molecule has 0 unspecified atom stereocenters. The lowest BCUT2D eigenvalue weighted by Crippen LogP contribution is -2.32. The molecule has 0 radical (unpaired) electrons. The summed E-state index contributed by atoms with van der Waals surface area (Å²) in [5.41, 5.74) is 5.68. The van der Waals surface area contributed by atoms with Crippen LogP contribution in [0.15, 0.2) is 0 Å². The van der Waals surface area contributed by atoms with Crippen molar-refractivity contribution in [2.24, 2.45) is 11.7 Å². The first kappa shape index (κ1) is 16.9. The van der Waals surface area contributed by atoms with E-state index in [0.29, 0.717) is 0 Å². The topological polar surface area (TPSA) is 38.0 Å². The van der Waals surface area contributed by atoms with Crippen LogP contribution in [0.25, 0.3) is 0 Å². The van der Waals surface area contributed by atoms with Gasteiger partial charge in [-0.2, -0.15) is 0 Å². The maximum Gasteiger partial charge on any atom is 0.0136 e. The van der Waals surface area contributed by atoms with Gasteiger partial charge in [0.15, 0.2) is 0 Å². The Kier molecular flexibility index (Phi) is 12.3. The van der Waals surface area contributed by atoms with E-state index in [1.807, 2.05) is 6.92 Å². The molecule has 0 aromatic carbocycles. The summed E-state index contributed by atoms with van der Waals surface area (Å²) in [6.45, 7) is 8.77. The molecule has 2 nitrogen and oxygen atoms in total. The molecule has 0 aliphatic rings. The van der Waals surface area contributed by atoms with Crippen LogP contribution in [0.5, 0.6) is 0 Å². The summed E-state index contributed by atoms with van der Waals surface area (Å²) in [7, 11) is 0. The number of hydrogen-bond acceptors (Lipinski definition) is 2. The molecule has 0 aliphatic heterocycles. The SMILES string of the molecule is CCCCCCCC[C@@H](C)CCNC[C@H](C)N. The Labute approximate surface area is 109 Å². The fourth-order valence-corrected chi connectivity index (χ4v) is 2.10. The van der Waals surface area contributed by atoms with E-state index in [4.69, 9.17) is 5.73 Å². The highest BCUT2D eigenvalue weighted by Crippen LogP contribution is 2.14. The Bertz CT molecular complexity index is 146. The van der Waals surface area contributed by atoms with Gasteiger partial charge in [-0.3, -0.25) is 0 Å². The van der Waals surface area contributed by atoms with Crippen LogP contribution >= 0.6 is 0 Å². The van der Waals surface area contributed by atoms with Gasteiger partial charge >= 0.3 is 0 Å². The smallest absolute Gasteiger partial charge is 0.0136 e. The molecule has 0 rings (SSSR count). The Balaban J connectivity index is 3.14. The van der Waals surface area contributed by atoms with Gasteiger partial charge in [-0.1, -0.05) is 58.8 Å². The van der Waals surface area contributed by atoms with Crippen LogP contribution in [-0.2, 0) is 0 Å². The average Bonchev–Trinajstić information content (AvgIpc) is 2.29. The zero-order valence-electron chi connectivity index (χ0n) is 12.3. The van der Waals surface area contributed by atoms with E-state index >= 15 is 0 Å². The number of nitrogens with one attached hydrogen (secondary N) is 1. The van der Waals surface area contributed by atoms with Gasteiger partial charge < -0.3 is 11.1 Å². The quantitative estimate of drug-likeness (QED) is 0.512. The van der Waals surface area contributed by atoms with Crippen LogP contribution in [0.2, 0.25) is 0 Å². The second kappa shape index (κ2) is 12.4. The van der Waals surface area contributed by atoms with Gasteiger partial charge in [0.2, 0.25) is 0 Å². The van der Waals surface area contributed by atoms with E-state index in [9.17, 15) is 0 Å². The van der Waals surface area contributed by atoms with Crippen molar-refractivity contribution in [1.82, 2.24) is 5.32 Å². The van der Waals surface area contributed by atoms with Gasteiger partial charge in [-0.25, -0.2) is 0 Å². The van der Waals surface area contributed by atoms with E-state index in [1.54, 1.807) is 0 Å². The molecule has 0 amide bonds.